The predicted octanol–water partition coefficient (Wildman–Crippen LogP) is 4.82. The fraction of sp³-hybridized carbons (Fsp3) is 0.300. The second-order valence-electron chi connectivity index (χ2n) is 6.67. The van der Waals surface area contributed by atoms with E-state index in [1.807, 2.05) is 6.92 Å². The molecule has 1 N–H and O–H groups in total. The van der Waals surface area contributed by atoms with Gasteiger partial charge in [-0.3, -0.25) is 4.79 Å². The van der Waals surface area contributed by atoms with Gasteiger partial charge in [0, 0.05) is 10.0 Å². The van der Waals surface area contributed by atoms with E-state index < -0.39 is 24.2 Å². The number of aliphatic hydroxyl groups is 1. The lowest BCUT2D eigenvalue weighted by Crippen LogP contribution is -2.56. The Bertz CT molecular complexity index is 941. The van der Waals surface area contributed by atoms with E-state index in [1.165, 1.54) is 12.1 Å². The summed E-state index contributed by atoms with van der Waals surface area (Å²) in [4.78, 5) is 12.8. The number of halogens is 4. The molecule has 0 radical (unpaired) electrons. The Hall–Kier alpha value is -2.19. The van der Waals surface area contributed by atoms with Crippen LogP contribution in [0.4, 0.5) is 13.2 Å². The summed E-state index contributed by atoms with van der Waals surface area (Å²) in [5.41, 5.74) is -1.25. The first-order valence-electron chi connectivity index (χ1n) is 8.63. The maximum atomic E-state index is 13.7. The molecule has 0 saturated heterocycles. The normalized spacial score (nSPS) is 19.7. The minimum atomic E-state index is -5.07. The monoisotopic (exact) mass is 454 g/mol. The van der Waals surface area contributed by atoms with Gasteiger partial charge in [-0.1, -0.05) is 47.1 Å². The number of carbonyl (C=O) groups excluding carboxylic acids is 1. The van der Waals surface area contributed by atoms with Crippen LogP contribution in [0.15, 0.2) is 52.0 Å². The molecule has 0 saturated carbocycles. The van der Waals surface area contributed by atoms with Crippen molar-refractivity contribution in [1.82, 2.24) is 5.01 Å². The topological polar surface area (TPSA) is 52.9 Å². The van der Waals surface area contributed by atoms with Gasteiger partial charge in [-0.2, -0.15) is 23.3 Å². The summed E-state index contributed by atoms with van der Waals surface area (Å²) in [6.45, 7) is 3.68. The minimum Gasteiger partial charge on any atom is -0.362 e. The summed E-state index contributed by atoms with van der Waals surface area (Å²) in [5.74, 6) is -1.02. The largest absolute Gasteiger partial charge is 0.438 e. The van der Waals surface area contributed by atoms with Gasteiger partial charge >= 0.3 is 6.18 Å². The Balaban J connectivity index is 2.03. The van der Waals surface area contributed by atoms with Crippen molar-refractivity contribution in [3.05, 3.63) is 69.2 Å². The molecule has 2 aromatic rings. The van der Waals surface area contributed by atoms with Crippen molar-refractivity contribution in [3.8, 4) is 0 Å². The lowest BCUT2D eigenvalue weighted by Gasteiger charge is -2.32. The summed E-state index contributed by atoms with van der Waals surface area (Å²) in [7, 11) is 0. The van der Waals surface area contributed by atoms with Crippen molar-refractivity contribution in [2.24, 2.45) is 5.10 Å². The van der Waals surface area contributed by atoms with Gasteiger partial charge in [0.25, 0.3) is 11.6 Å². The Labute approximate surface area is 168 Å². The van der Waals surface area contributed by atoms with Crippen molar-refractivity contribution in [1.29, 1.82) is 0 Å². The number of hydrogen-bond donors (Lipinski definition) is 1. The molecule has 1 heterocycles. The summed E-state index contributed by atoms with van der Waals surface area (Å²) in [6, 6.07) is 11.3. The Morgan fingerprint density at radius 2 is 1.89 bits per heavy atom. The van der Waals surface area contributed by atoms with E-state index in [2.05, 4.69) is 21.0 Å². The van der Waals surface area contributed by atoms with Crippen LogP contribution in [0.25, 0.3) is 0 Å². The standard InChI is InChI=1S/C20H18BrF3N2O2/c1-3-13-4-6-14(7-5-13)17-11-19(28,20(22,23)24)26(25-17)18(27)15-8-9-16(21)12(2)10-15/h4-10,28H,3,11H2,1-2H3/t19-/m0/s1. The molecule has 1 aliphatic rings. The molecular formula is C20H18BrF3N2O2. The zero-order valence-corrected chi connectivity index (χ0v) is 16.8. The Kier molecular flexibility index (Phi) is 5.38. The van der Waals surface area contributed by atoms with E-state index >= 15 is 0 Å². The average molecular weight is 455 g/mol. The number of hydrazone groups is 1. The van der Waals surface area contributed by atoms with Crippen LogP contribution in [0.1, 0.15) is 40.4 Å². The highest BCUT2D eigenvalue weighted by molar-refractivity contribution is 9.10. The lowest BCUT2D eigenvalue weighted by molar-refractivity contribution is -0.297. The molecule has 8 heteroatoms. The number of benzene rings is 2. The highest BCUT2D eigenvalue weighted by Crippen LogP contribution is 2.42. The van der Waals surface area contributed by atoms with Gasteiger partial charge in [-0.25, -0.2) is 0 Å². The number of amides is 1. The number of nitrogens with zero attached hydrogens (tertiary/aromatic N) is 2. The van der Waals surface area contributed by atoms with Gasteiger partial charge in [0.2, 0.25) is 0 Å². The molecule has 1 aliphatic heterocycles. The third-order valence-electron chi connectivity index (χ3n) is 4.73. The van der Waals surface area contributed by atoms with Gasteiger partial charge in [0.1, 0.15) is 0 Å². The van der Waals surface area contributed by atoms with Crippen LogP contribution in [-0.2, 0) is 6.42 Å². The molecule has 1 atom stereocenters. The van der Waals surface area contributed by atoms with Crippen molar-refractivity contribution in [2.45, 2.75) is 38.6 Å². The smallest absolute Gasteiger partial charge is 0.362 e. The van der Waals surface area contributed by atoms with Gasteiger partial charge in [0.05, 0.1) is 12.1 Å². The van der Waals surface area contributed by atoms with E-state index in [0.29, 0.717) is 11.1 Å². The first kappa shape index (κ1) is 20.5. The van der Waals surface area contributed by atoms with Crippen molar-refractivity contribution in [3.63, 3.8) is 0 Å². The Morgan fingerprint density at radius 3 is 2.43 bits per heavy atom. The molecule has 28 heavy (non-hydrogen) atoms. The van der Waals surface area contributed by atoms with Crippen LogP contribution in [-0.4, -0.2) is 33.6 Å². The maximum absolute atomic E-state index is 13.7. The molecule has 0 fully saturated rings. The number of rotatable bonds is 3. The molecular weight excluding hydrogens is 437 g/mol. The Morgan fingerprint density at radius 1 is 1.25 bits per heavy atom. The lowest BCUT2D eigenvalue weighted by atomic mass is 9.99. The third kappa shape index (κ3) is 3.58. The zero-order valence-electron chi connectivity index (χ0n) is 15.2. The average Bonchev–Trinajstić information content (AvgIpc) is 3.02. The quantitative estimate of drug-likeness (QED) is 0.722. The summed E-state index contributed by atoms with van der Waals surface area (Å²) < 4.78 is 41.8. The molecule has 3 rings (SSSR count). The van der Waals surface area contributed by atoms with Gasteiger partial charge < -0.3 is 5.11 Å². The van der Waals surface area contributed by atoms with Crippen LogP contribution in [0.2, 0.25) is 0 Å². The fourth-order valence-corrected chi connectivity index (χ4v) is 3.22. The van der Waals surface area contributed by atoms with Gasteiger partial charge in [0.15, 0.2) is 0 Å². The molecule has 0 unspecified atom stereocenters. The summed E-state index contributed by atoms with van der Waals surface area (Å²) >= 11 is 3.29. The second kappa shape index (κ2) is 7.33. The van der Waals surface area contributed by atoms with E-state index in [9.17, 15) is 23.1 Å². The SMILES string of the molecule is CCc1ccc(C2=NN(C(=O)c3ccc(Br)c(C)c3)[C@@](O)(C(F)(F)F)C2)cc1. The van der Waals surface area contributed by atoms with Gasteiger partial charge in [-0.15, -0.1) is 0 Å². The number of aryl methyl sites for hydroxylation is 2. The summed E-state index contributed by atoms with van der Waals surface area (Å²) in [5, 5.41) is 14.5. The number of carbonyl (C=O) groups is 1. The van der Waals surface area contributed by atoms with E-state index in [4.69, 9.17) is 0 Å². The fourth-order valence-electron chi connectivity index (χ4n) is 2.97. The molecule has 0 aliphatic carbocycles. The van der Waals surface area contributed by atoms with Gasteiger partial charge in [-0.05, 0) is 48.2 Å². The first-order chi connectivity index (χ1) is 13.1. The van der Waals surface area contributed by atoms with E-state index in [0.717, 1.165) is 16.5 Å². The molecule has 0 bridgehead atoms. The zero-order chi connectivity index (χ0) is 20.7. The van der Waals surface area contributed by atoms with Crippen molar-refractivity contribution in [2.75, 3.05) is 0 Å². The first-order valence-corrected chi connectivity index (χ1v) is 9.42. The molecule has 0 aromatic heterocycles. The van der Waals surface area contributed by atoms with Crippen molar-refractivity contribution < 1.29 is 23.1 Å². The predicted molar refractivity (Wildman–Crippen MR) is 103 cm³/mol. The van der Waals surface area contributed by atoms with E-state index in [-0.39, 0.29) is 16.3 Å². The van der Waals surface area contributed by atoms with Crippen LogP contribution in [0.3, 0.4) is 0 Å². The van der Waals surface area contributed by atoms with Crippen LogP contribution >= 0.6 is 15.9 Å². The third-order valence-corrected chi connectivity index (χ3v) is 5.62. The van der Waals surface area contributed by atoms with Crippen LogP contribution in [0.5, 0.6) is 0 Å². The second-order valence-corrected chi connectivity index (χ2v) is 7.52. The van der Waals surface area contributed by atoms with E-state index in [1.54, 1.807) is 37.3 Å². The highest BCUT2D eigenvalue weighted by Gasteiger charge is 2.63. The maximum Gasteiger partial charge on any atom is 0.438 e. The number of hydrogen-bond acceptors (Lipinski definition) is 3. The van der Waals surface area contributed by atoms with Crippen molar-refractivity contribution >= 4 is 27.5 Å². The van der Waals surface area contributed by atoms with Crippen LogP contribution < -0.4 is 0 Å². The molecule has 148 valence electrons. The molecule has 2 aromatic carbocycles. The number of alkyl halides is 3. The van der Waals surface area contributed by atoms with Crippen LogP contribution in [0, 0.1) is 6.92 Å². The minimum absolute atomic E-state index is 0.00432. The highest BCUT2D eigenvalue weighted by atomic mass is 79.9. The molecule has 1 amide bonds. The molecule has 0 spiro atoms. The summed E-state index contributed by atoms with van der Waals surface area (Å²) in [6.07, 6.45) is -5.11. The molecule has 4 nitrogen and oxygen atoms in total.